The third kappa shape index (κ3) is 7.35. The van der Waals surface area contributed by atoms with E-state index >= 15 is 0 Å². The molecule has 4 aromatic carbocycles. The smallest absolute Gasteiger partial charge is 0.330 e. The number of unbranched alkanes of at least 4 members (excludes halogenated alkanes) is 2. The van der Waals surface area contributed by atoms with E-state index in [0.717, 1.165) is 67.5 Å². The van der Waals surface area contributed by atoms with Crippen LogP contribution in [0.5, 0.6) is 0 Å². The van der Waals surface area contributed by atoms with E-state index in [1.807, 2.05) is 12.4 Å². The number of fused-ring (bicyclic) bond motifs is 3. The minimum atomic E-state index is -0.569. The molecule has 0 N–H and O–H groups in total. The van der Waals surface area contributed by atoms with Gasteiger partial charge >= 0.3 is 5.97 Å². The van der Waals surface area contributed by atoms with Gasteiger partial charge in [0.25, 0.3) is 11.8 Å². The molecule has 1 saturated heterocycles. The van der Waals surface area contributed by atoms with Crippen molar-refractivity contribution in [2.75, 3.05) is 0 Å². The van der Waals surface area contributed by atoms with Crippen molar-refractivity contribution in [3.63, 3.8) is 0 Å². The van der Waals surface area contributed by atoms with Crippen LogP contribution in [0.4, 0.5) is 0 Å². The van der Waals surface area contributed by atoms with Gasteiger partial charge in [0.05, 0.1) is 10.6 Å². The average Bonchev–Trinajstić information content (AvgIpc) is 4.13. The van der Waals surface area contributed by atoms with Gasteiger partial charge in [0.1, 0.15) is 17.8 Å². The van der Waals surface area contributed by atoms with E-state index in [-0.39, 0.29) is 19.3 Å². The highest BCUT2D eigenvalue weighted by molar-refractivity contribution is 7.18. The van der Waals surface area contributed by atoms with Gasteiger partial charge < -0.3 is 4.84 Å². The number of thiophene rings is 2. The molecule has 10 nitrogen and oxygen atoms in total. The first kappa shape index (κ1) is 37.4. The normalized spacial score (nSPS) is 13.0. The number of imide groups is 1. The quantitative estimate of drug-likeness (QED) is 0.0678. The van der Waals surface area contributed by atoms with Gasteiger partial charge in [-0.15, -0.1) is 27.7 Å². The van der Waals surface area contributed by atoms with E-state index in [1.165, 1.54) is 21.5 Å². The van der Waals surface area contributed by atoms with Crippen molar-refractivity contribution >= 4 is 73.0 Å². The molecule has 0 aliphatic carbocycles. The number of hydrogen-bond acceptors (Lipinski definition) is 10. The van der Waals surface area contributed by atoms with Gasteiger partial charge in [-0.2, -0.15) is 0 Å². The molecular weight excluding hydrogens is 791 g/mol. The number of hydrogen-bond donors (Lipinski definition) is 0. The summed E-state index contributed by atoms with van der Waals surface area (Å²) in [5.74, 6) is -1.51. The van der Waals surface area contributed by atoms with Gasteiger partial charge in [-0.3, -0.25) is 9.59 Å². The summed E-state index contributed by atoms with van der Waals surface area (Å²) in [5, 5.41) is 16.5. The molecule has 1 aliphatic heterocycles. The maximum absolute atomic E-state index is 12.2. The molecule has 6 heterocycles. The number of hydroxylamine groups is 2. The van der Waals surface area contributed by atoms with Gasteiger partial charge in [0.2, 0.25) is 0 Å². The van der Waals surface area contributed by atoms with Crippen LogP contribution in [0.1, 0.15) is 38.5 Å². The van der Waals surface area contributed by atoms with Crippen molar-refractivity contribution in [1.82, 2.24) is 20.4 Å². The minimum Gasteiger partial charge on any atom is -0.330 e. The number of rotatable bonds is 12. The predicted molar refractivity (Wildman–Crippen MR) is 233 cm³/mol. The first-order valence-corrected chi connectivity index (χ1v) is 21.5. The summed E-state index contributed by atoms with van der Waals surface area (Å²) >= 11 is 3.31. The molecule has 0 atom stereocenters. The fraction of sp³-hybridized carbons (Fsp3) is 0.146. The largest absolute Gasteiger partial charge is 0.333 e. The SMILES string of the molecule is O=C(CCCCC[n+]1ccc(-c2nc(-c3ccc(-c4ccc5ccccc5c4)s3)c3nonc3c2-c2cc(-c3ccc4ccccc4c3)cs2)cc1)ON1C(=O)CCC1=O. The van der Waals surface area contributed by atoms with Crippen LogP contribution in [0.2, 0.25) is 0 Å². The fourth-order valence-electron chi connectivity index (χ4n) is 7.72. The van der Waals surface area contributed by atoms with Crippen LogP contribution in [0, 0.1) is 0 Å². The molecule has 10 rings (SSSR count). The fourth-order valence-corrected chi connectivity index (χ4v) is 9.67. The molecule has 0 radical (unpaired) electrons. The van der Waals surface area contributed by atoms with Crippen molar-refractivity contribution in [3.05, 3.63) is 133 Å². The minimum absolute atomic E-state index is 0.0793. The van der Waals surface area contributed by atoms with Gasteiger partial charge in [0.15, 0.2) is 17.9 Å². The summed E-state index contributed by atoms with van der Waals surface area (Å²) in [6.07, 6.45) is 6.57. The van der Waals surface area contributed by atoms with E-state index in [0.29, 0.717) is 28.2 Å². The first-order valence-electron chi connectivity index (χ1n) is 19.8. The molecule has 60 heavy (non-hydrogen) atoms. The number of benzene rings is 4. The Morgan fingerprint density at radius 1 is 0.650 bits per heavy atom. The maximum Gasteiger partial charge on any atom is 0.333 e. The van der Waals surface area contributed by atoms with Crippen molar-refractivity contribution in [3.8, 4) is 53.8 Å². The number of pyridine rings is 2. The summed E-state index contributed by atoms with van der Waals surface area (Å²) in [4.78, 5) is 49.3. The average molecular weight is 827 g/mol. The van der Waals surface area contributed by atoms with E-state index in [2.05, 4.69) is 136 Å². The Bertz CT molecular complexity index is 3080. The lowest BCUT2D eigenvalue weighted by Crippen LogP contribution is -2.32. The van der Waals surface area contributed by atoms with E-state index in [1.54, 1.807) is 22.7 Å². The van der Waals surface area contributed by atoms with E-state index in [9.17, 15) is 14.4 Å². The van der Waals surface area contributed by atoms with Crippen LogP contribution in [0.15, 0.2) is 138 Å². The van der Waals surface area contributed by atoms with Gasteiger partial charge in [0, 0.05) is 58.7 Å². The molecule has 0 saturated carbocycles. The van der Waals surface area contributed by atoms with Gasteiger partial charge in [-0.25, -0.2) is 19.0 Å². The Balaban J connectivity index is 0.953. The molecule has 12 heteroatoms. The summed E-state index contributed by atoms with van der Waals surface area (Å²) in [5.41, 5.74) is 7.91. The second kappa shape index (κ2) is 16.0. The van der Waals surface area contributed by atoms with Crippen LogP contribution in [0.3, 0.4) is 0 Å². The Labute approximate surface area is 352 Å². The third-order valence-electron chi connectivity index (χ3n) is 10.9. The number of aryl methyl sites for hydroxylation is 1. The lowest BCUT2D eigenvalue weighted by Gasteiger charge is -2.12. The Morgan fingerprint density at radius 2 is 1.32 bits per heavy atom. The predicted octanol–water partition coefficient (Wildman–Crippen LogP) is 10.8. The number of nitrogens with zero attached hydrogens (tertiary/aromatic N) is 5. The van der Waals surface area contributed by atoms with Crippen LogP contribution in [-0.2, 0) is 25.8 Å². The highest BCUT2D eigenvalue weighted by atomic mass is 32.1. The molecule has 0 bridgehead atoms. The van der Waals surface area contributed by atoms with Gasteiger partial charge in [-0.05, 0) is 97.1 Å². The Morgan fingerprint density at radius 3 is 2.07 bits per heavy atom. The second-order valence-corrected chi connectivity index (χ2v) is 16.8. The summed E-state index contributed by atoms with van der Waals surface area (Å²) in [6.45, 7) is 0.739. The highest BCUT2D eigenvalue weighted by Gasteiger charge is 2.32. The third-order valence-corrected chi connectivity index (χ3v) is 13.0. The zero-order valence-electron chi connectivity index (χ0n) is 32.2. The molecule has 0 unspecified atom stereocenters. The highest BCUT2D eigenvalue weighted by Crippen LogP contribution is 2.45. The maximum atomic E-state index is 12.2. The van der Waals surface area contributed by atoms with Crippen LogP contribution in [0.25, 0.3) is 86.4 Å². The van der Waals surface area contributed by atoms with Crippen LogP contribution < -0.4 is 4.57 Å². The summed E-state index contributed by atoms with van der Waals surface area (Å²) < 4.78 is 7.61. The van der Waals surface area contributed by atoms with Crippen LogP contribution >= 0.6 is 22.7 Å². The zero-order chi connectivity index (χ0) is 40.6. The van der Waals surface area contributed by atoms with E-state index < -0.39 is 17.8 Å². The van der Waals surface area contributed by atoms with Gasteiger partial charge in [-0.1, -0.05) is 72.8 Å². The Kier molecular flexibility index (Phi) is 10.00. The first-order chi connectivity index (χ1) is 29.4. The van der Waals surface area contributed by atoms with Crippen molar-refractivity contribution in [1.29, 1.82) is 0 Å². The molecule has 0 spiro atoms. The summed E-state index contributed by atoms with van der Waals surface area (Å²) in [7, 11) is 0. The van der Waals surface area contributed by atoms with E-state index in [4.69, 9.17) is 14.5 Å². The standard InChI is InChI=1S/C48H36N5O5S2/c54-41-19-20-42(55)53(41)57-43(56)12-2-1-7-23-52-24-21-32(22-25-52)45-44(40-28-37(29-59-40)35-15-13-30-8-3-5-10-33(30)26-35)47-48(51-58-50-47)46(49-45)39-18-17-38(60-39)36-16-14-31-9-4-6-11-34(31)27-36/h3-6,8-11,13-18,21-22,24-29H,1-2,7,12,19-20,23H2/q+1. The van der Waals surface area contributed by atoms with Crippen molar-refractivity contribution in [2.45, 2.75) is 45.1 Å². The molecule has 1 aliphatic rings. The number of carbonyl (C=O) groups is 3. The Hall–Kier alpha value is -6.89. The number of amides is 2. The number of aromatic nitrogens is 4. The second-order valence-electron chi connectivity index (χ2n) is 14.8. The molecule has 5 aromatic heterocycles. The molecule has 2 amide bonds. The lowest BCUT2D eigenvalue weighted by molar-refractivity contribution is -0.697. The molecule has 294 valence electrons. The zero-order valence-corrected chi connectivity index (χ0v) is 33.9. The molecule has 1 fully saturated rings. The van der Waals surface area contributed by atoms with Crippen molar-refractivity contribution < 1.29 is 28.4 Å². The monoisotopic (exact) mass is 826 g/mol. The topological polar surface area (TPSA) is 119 Å². The van der Waals surface area contributed by atoms with Crippen molar-refractivity contribution in [2.24, 2.45) is 0 Å². The molecular formula is C48H36N5O5S2+. The van der Waals surface area contributed by atoms with Crippen LogP contribution in [-0.4, -0.2) is 38.1 Å². The lowest BCUT2D eigenvalue weighted by atomic mass is 10.00. The summed E-state index contributed by atoms with van der Waals surface area (Å²) in [6, 6.07) is 40.4. The molecule has 9 aromatic rings. The number of carbonyl (C=O) groups excluding carboxylic acids is 3.